The van der Waals surface area contributed by atoms with Gasteiger partial charge in [0.1, 0.15) is 5.78 Å². The molecule has 2 rings (SSSR count). The summed E-state index contributed by atoms with van der Waals surface area (Å²) in [7, 11) is 0. The van der Waals surface area contributed by atoms with Crippen LogP contribution in [-0.2, 0) is 9.59 Å². The van der Waals surface area contributed by atoms with E-state index in [-0.39, 0.29) is 25.0 Å². The van der Waals surface area contributed by atoms with E-state index in [1.807, 2.05) is 23.6 Å². The molecule has 2 atom stereocenters. The van der Waals surface area contributed by atoms with Crippen LogP contribution in [-0.4, -0.2) is 66.1 Å². The van der Waals surface area contributed by atoms with Crippen molar-refractivity contribution >= 4 is 11.7 Å². The van der Waals surface area contributed by atoms with Crippen molar-refractivity contribution in [3.63, 3.8) is 0 Å². The number of likely N-dealkylation sites (tertiary alicyclic amines) is 2. The van der Waals surface area contributed by atoms with Crippen LogP contribution in [0.1, 0.15) is 13.8 Å². The largest absolute Gasteiger partial charge is 0.381 e. The first kappa shape index (κ1) is 13.5. The number of fused-ring (bicyclic) bond motifs is 2. The molecule has 6 heteroatoms. The Kier molecular flexibility index (Phi) is 3.21. The Balaban J connectivity index is 2.24. The zero-order valence-electron chi connectivity index (χ0n) is 11.0. The lowest BCUT2D eigenvalue weighted by Gasteiger charge is -2.54. The van der Waals surface area contributed by atoms with Gasteiger partial charge in [0.15, 0.2) is 0 Å². The van der Waals surface area contributed by atoms with Crippen molar-refractivity contribution in [2.45, 2.75) is 13.8 Å². The molecule has 0 radical (unpaired) electrons. The van der Waals surface area contributed by atoms with Crippen LogP contribution >= 0.6 is 0 Å². The molecule has 0 unspecified atom stereocenters. The van der Waals surface area contributed by atoms with Gasteiger partial charge in [0.25, 0.3) is 0 Å². The highest BCUT2D eigenvalue weighted by atomic mass is 16.3. The topological polar surface area (TPSA) is 86.9 Å². The molecule has 3 N–H and O–H groups in total. The quantitative estimate of drug-likeness (QED) is 0.650. The number of aliphatic hydroxyl groups is 1. The summed E-state index contributed by atoms with van der Waals surface area (Å²) >= 11 is 0. The number of nitrogens with zero attached hydrogens (tertiary/aromatic N) is 2. The van der Waals surface area contributed by atoms with E-state index in [9.17, 15) is 14.7 Å². The Morgan fingerprint density at radius 2 is 1.67 bits per heavy atom. The Labute approximate surface area is 107 Å². The number of primary amides is 1. The first-order valence-electron chi connectivity index (χ1n) is 6.18. The number of piperidine rings is 2. The van der Waals surface area contributed by atoms with Crippen molar-refractivity contribution in [3.8, 4) is 0 Å². The lowest BCUT2D eigenvalue weighted by atomic mass is 9.64. The summed E-state index contributed by atoms with van der Waals surface area (Å²) < 4.78 is 0. The normalized spacial score (nSPS) is 37.8. The van der Waals surface area contributed by atoms with Gasteiger partial charge in [-0.1, -0.05) is 13.8 Å². The van der Waals surface area contributed by atoms with Gasteiger partial charge in [0.05, 0.1) is 24.1 Å². The van der Waals surface area contributed by atoms with Gasteiger partial charge in [-0.25, -0.2) is 0 Å². The van der Waals surface area contributed by atoms with E-state index in [4.69, 9.17) is 5.73 Å². The van der Waals surface area contributed by atoms with Crippen LogP contribution in [0.5, 0.6) is 0 Å². The monoisotopic (exact) mass is 255 g/mol. The molecule has 0 aromatic heterocycles. The summed E-state index contributed by atoms with van der Waals surface area (Å²) in [4.78, 5) is 27.4. The summed E-state index contributed by atoms with van der Waals surface area (Å²) in [6.07, 6.45) is 0. The highest BCUT2D eigenvalue weighted by Gasteiger charge is 2.55. The van der Waals surface area contributed by atoms with Gasteiger partial charge in [0.2, 0.25) is 5.91 Å². The molecule has 6 nitrogen and oxygen atoms in total. The number of aliphatic hydroxyl groups excluding tert-OH is 1. The van der Waals surface area contributed by atoms with Crippen molar-refractivity contribution in [1.82, 2.24) is 9.80 Å². The molecule has 2 bridgehead atoms. The third-order valence-corrected chi connectivity index (χ3v) is 3.97. The standard InChI is InChI=1S/C12H21N3O3/c1-11-4-14(3-9(13)17)5-12(2,10(11)18)7-15(6-11)8-16/h16H,3-8H2,1-2H3,(H2,13,17)/t11-,12+. The molecule has 2 fully saturated rings. The summed E-state index contributed by atoms with van der Waals surface area (Å²) in [5.41, 5.74) is 4.18. The Hall–Kier alpha value is -0.980. The van der Waals surface area contributed by atoms with Crippen LogP contribution in [0.3, 0.4) is 0 Å². The molecular weight excluding hydrogens is 234 g/mol. The maximum atomic E-state index is 12.5. The van der Waals surface area contributed by atoms with Crippen LogP contribution in [0.15, 0.2) is 0 Å². The lowest BCUT2D eigenvalue weighted by molar-refractivity contribution is -0.161. The number of hydrogen-bond acceptors (Lipinski definition) is 5. The minimum atomic E-state index is -0.524. The molecule has 2 heterocycles. The van der Waals surface area contributed by atoms with Crippen molar-refractivity contribution < 1.29 is 14.7 Å². The smallest absolute Gasteiger partial charge is 0.231 e. The maximum Gasteiger partial charge on any atom is 0.231 e. The number of hydrogen-bond donors (Lipinski definition) is 2. The maximum absolute atomic E-state index is 12.5. The van der Waals surface area contributed by atoms with Crippen molar-refractivity contribution in [2.24, 2.45) is 16.6 Å². The van der Waals surface area contributed by atoms with Gasteiger partial charge < -0.3 is 10.8 Å². The first-order chi connectivity index (χ1) is 8.29. The Morgan fingerprint density at radius 3 is 2.06 bits per heavy atom. The number of carbonyl (C=O) groups excluding carboxylic acids is 2. The molecule has 0 saturated carbocycles. The van der Waals surface area contributed by atoms with Crippen molar-refractivity contribution in [2.75, 3.05) is 39.5 Å². The molecule has 102 valence electrons. The molecule has 0 aromatic carbocycles. The third kappa shape index (κ3) is 2.15. The molecule has 0 aromatic rings. The average Bonchev–Trinajstić information content (AvgIpc) is 2.22. The van der Waals surface area contributed by atoms with Crippen molar-refractivity contribution in [3.05, 3.63) is 0 Å². The highest BCUT2D eigenvalue weighted by Crippen LogP contribution is 2.41. The van der Waals surface area contributed by atoms with Crippen LogP contribution in [0, 0.1) is 10.8 Å². The molecule has 18 heavy (non-hydrogen) atoms. The number of Topliss-reactive ketones (excluding diaryl/α,β-unsaturated/α-hetero) is 1. The second-order valence-corrected chi connectivity index (χ2v) is 6.19. The number of carbonyl (C=O) groups is 2. The molecule has 0 aliphatic carbocycles. The van der Waals surface area contributed by atoms with Gasteiger partial charge in [-0.15, -0.1) is 0 Å². The zero-order valence-corrected chi connectivity index (χ0v) is 11.0. The molecule has 0 spiro atoms. The van der Waals surface area contributed by atoms with E-state index in [1.165, 1.54) is 0 Å². The molecule has 2 saturated heterocycles. The van der Waals surface area contributed by atoms with E-state index in [0.717, 1.165) is 0 Å². The van der Waals surface area contributed by atoms with Gasteiger partial charge in [-0.2, -0.15) is 0 Å². The SMILES string of the molecule is C[C@]12CN(CO)C[C@](C)(CN(CC(N)=O)C1)C2=O. The van der Waals surface area contributed by atoms with Gasteiger partial charge in [-0.05, 0) is 0 Å². The lowest BCUT2D eigenvalue weighted by Crippen LogP contribution is -2.68. The fourth-order valence-corrected chi connectivity index (χ4v) is 3.63. The van der Waals surface area contributed by atoms with Gasteiger partial charge in [-0.3, -0.25) is 19.4 Å². The molecule has 2 aliphatic rings. The van der Waals surface area contributed by atoms with E-state index >= 15 is 0 Å². The second-order valence-electron chi connectivity index (χ2n) is 6.19. The minimum absolute atomic E-state index is 0.0335. The fourth-order valence-electron chi connectivity index (χ4n) is 3.63. The van der Waals surface area contributed by atoms with E-state index in [1.54, 1.807) is 0 Å². The van der Waals surface area contributed by atoms with Gasteiger partial charge >= 0.3 is 0 Å². The molecular formula is C12H21N3O3. The van der Waals surface area contributed by atoms with Gasteiger partial charge in [0, 0.05) is 26.2 Å². The fraction of sp³-hybridized carbons (Fsp3) is 0.833. The third-order valence-electron chi connectivity index (χ3n) is 3.97. The summed E-state index contributed by atoms with van der Waals surface area (Å²) in [5, 5.41) is 9.30. The average molecular weight is 255 g/mol. The predicted octanol–water partition coefficient (Wildman–Crippen LogP) is -1.37. The number of nitrogens with two attached hydrogens (primary N) is 1. The van der Waals surface area contributed by atoms with E-state index in [2.05, 4.69) is 0 Å². The van der Waals surface area contributed by atoms with Crippen LogP contribution in [0.2, 0.25) is 0 Å². The summed E-state index contributed by atoms with van der Waals surface area (Å²) in [6.45, 7) is 6.10. The zero-order chi connectivity index (χ0) is 13.6. The summed E-state index contributed by atoms with van der Waals surface area (Å²) in [6, 6.07) is 0. The number of rotatable bonds is 3. The second kappa shape index (κ2) is 4.29. The number of ketones is 1. The molecule has 1 amide bonds. The molecule has 2 aliphatic heterocycles. The van der Waals surface area contributed by atoms with E-state index in [0.29, 0.717) is 26.2 Å². The minimum Gasteiger partial charge on any atom is -0.381 e. The number of amides is 1. The Bertz CT molecular complexity index is 363. The van der Waals surface area contributed by atoms with Crippen molar-refractivity contribution in [1.29, 1.82) is 0 Å². The van der Waals surface area contributed by atoms with Crippen LogP contribution in [0.25, 0.3) is 0 Å². The van der Waals surface area contributed by atoms with Crippen LogP contribution < -0.4 is 5.73 Å². The highest BCUT2D eigenvalue weighted by molar-refractivity contribution is 5.92. The Morgan fingerprint density at radius 1 is 1.22 bits per heavy atom. The first-order valence-corrected chi connectivity index (χ1v) is 6.18. The van der Waals surface area contributed by atoms with Crippen LogP contribution in [0.4, 0.5) is 0 Å². The predicted molar refractivity (Wildman–Crippen MR) is 65.5 cm³/mol. The summed E-state index contributed by atoms with van der Waals surface area (Å²) in [5.74, 6) is -0.131. The van der Waals surface area contributed by atoms with E-state index < -0.39 is 10.8 Å².